The summed E-state index contributed by atoms with van der Waals surface area (Å²) in [5, 5.41) is 0.269. The molecule has 2 bridgehead atoms. The Hall–Kier alpha value is -0.780. The number of benzene rings is 1. The summed E-state index contributed by atoms with van der Waals surface area (Å²) in [4.78, 5) is 0.178. The third-order valence-electron chi connectivity index (χ3n) is 5.06. The van der Waals surface area contributed by atoms with Gasteiger partial charge in [-0.25, -0.2) is 13.1 Å². The molecule has 2 fully saturated rings. The summed E-state index contributed by atoms with van der Waals surface area (Å²) in [6, 6.07) is 4.39. The van der Waals surface area contributed by atoms with Gasteiger partial charge in [-0.05, 0) is 62.1 Å². The number of hydrogen-bond donors (Lipinski definition) is 2. The maximum atomic E-state index is 12.5. The first kappa shape index (κ1) is 15.1. The van der Waals surface area contributed by atoms with Gasteiger partial charge >= 0.3 is 0 Å². The number of nitrogens with two attached hydrogens (primary N) is 1. The van der Waals surface area contributed by atoms with Crippen molar-refractivity contribution in [1.29, 1.82) is 0 Å². The van der Waals surface area contributed by atoms with Crippen LogP contribution in [0.3, 0.4) is 0 Å². The molecule has 1 aromatic rings. The van der Waals surface area contributed by atoms with E-state index in [9.17, 15) is 8.42 Å². The number of nitrogens with one attached hydrogen (secondary N) is 1. The fraction of sp³-hybridized carbons (Fsp3) is 0.600. The summed E-state index contributed by atoms with van der Waals surface area (Å²) in [5.41, 5.74) is 6.01. The minimum atomic E-state index is -3.54. The van der Waals surface area contributed by atoms with Gasteiger partial charge < -0.3 is 5.73 Å². The van der Waals surface area contributed by atoms with E-state index in [2.05, 4.69) is 4.72 Å². The van der Waals surface area contributed by atoms with E-state index in [1.54, 1.807) is 0 Å². The summed E-state index contributed by atoms with van der Waals surface area (Å²) in [6.07, 6.45) is 4.98. The lowest BCUT2D eigenvalue weighted by molar-refractivity contribution is 0.280. The van der Waals surface area contributed by atoms with Gasteiger partial charge in [0.05, 0.1) is 15.6 Å². The van der Waals surface area contributed by atoms with Crippen molar-refractivity contribution in [2.45, 2.75) is 43.5 Å². The smallest absolute Gasteiger partial charge is 0.240 e. The highest BCUT2D eigenvalue weighted by atomic mass is 35.5. The Labute approximate surface area is 131 Å². The van der Waals surface area contributed by atoms with Crippen LogP contribution in [0, 0.1) is 17.8 Å². The third-order valence-corrected chi connectivity index (χ3v) is 6.94. The van der Waals surface area contributed by atoms with Crippen LogP contribution in [-0.4, -0.2) is 14.5 Å². The average molecular weight is 329 g/mol. The first-order valence-electron chi connectivity index (χ1n) is 7.44. The number of sulfonamides is 1. The van der Waals surface area contributed by atoms with Gasteiger partial charge in [-0.15, -0.1) is 0 Å². The highest BCUT2D eigenvalue weighted by Gasteiger charge is 2.42. The van der Waals surface area contributed by atoms with Crippen LogP contribution in [0.15, 0.2) is 23.1 Å². The quantitative estimate of drug-likeness (QED) is 0.834. The molecule has 0 heterocycles. The second-order valence-electron chi connectivity index (χ2n) is 6.43. The molecule has 6 heteroatoms. The van der Waals surface area contributed by atoms with Crippen LogP contribution in [0.4, 0.5) is 5.69 Å². The van der Waals surface area contributed by atoms with E-state index in [1.807, 2.05) is 6.92 Å². The van der Waals surface area contributed by atoms with Crippen molar-refractivity contribution < 1.29 is 8.42 Å². The molecule has 4 nitrogen and oxygen atoms in total. The molecule has 3 N–H and O–H groups in total. The van der Waals surface area contributed by atoms with E-state index in [-0.39, 0.29) is 16.0 Å². The van der Waals surface area contributed by atoms with Gasteiger partial charge in [0.25, 0.3) is 0 Å². The Morgan fingerprint density at radius 1 is 1.33 bits per heavy atom. The molecule has 3 rings (SSSR count). The fourth-order valence-electron chi connectivity index (χ4n) is 3.98. The molecule has 21 heavy (non-hydrogen) atoms. The summed E-state index contributed by atoms with van der Waals surface area (Å²) in [7, 11) is -3.54. The van der Waals surface area contributed by atoms with Crippen LogP contribution in [0.5, 0.6) is 0 Å². The number of halogens is 1. The molecular formula is C15H21ClN2O2S. The SMILES string of the molecule is CC(NS(=O)(=O)c1ccc(N)c(Cl)c1)C1CC2CCC1C2. The molecule has 0 saturated heterocycles. The van der Waals surface area contributed by atoms with Gasteiger partial charge in [0.1, 0.15) is 0 Å². The average Bonchev–Trinajstić information content (AvgIpc) is 3.03. The molecule has 2 aliphatic carbocycles. The molecule has 2 saturated carbocycles. The van der Waals surface area contributed by atoms with Gasteiger partial charge in [0, 0.05) is 6.04 Å². The van der Waals surface area contributed by atoms with Crippen molar-refractivity contribution in [3.63, 3.8) is 0 Å². The van der Waals surface area contributed by atoms with Crippen molar-refractivity contribution in [2.75, 3.05) is 5.73 Å². The van der Waals surface area contributed by atoms with E-state index in [1.165, 1.54) is 37.5 Å². The normalized spacial score (nSPS) is 29.7. The van der Waals surface area contributed by atoms with E-state index in [4.69, 9.17) is 17.3 Å². The molecule has 4 unspecified atom stereocenters. The Balaban J connectivity index is 1.75. The molecule has 1 aromatic carbocycles. The van der Waals surface area contributed by atoms with Gasteiger partial charge in [0.2, 0.25) is 10.0 Å². The minimum Gasteiger partial charge on any atom is -0.398 e. The van der Waals surface area contributed by atoms with Crippen molar-refractivity contribution in [3.05, 3.63) is 23.2 Å². The largest absolute Gasteiger partial charge is 0.398 e. The molecular weight excluding hydrogens is 308 g/mol. The molecule has 0 amide bonds. The van der Waals surface area contributed by atoms with Crippen LogP contribution in [0.25, 0.3) is 0 Å². The highest BCUT2D eigenvalue weighted by molar-refractivity contribution is 7.89. The molecule has 2 aliphatic rings. The monoisotopic (exact) mass is 328 g/mol. The van der Waals surface area contributed by atoms with Crippen molar-refractivity contribution in [1.82, 2.24) is 4.72 Å². The number of rotatable bonds is 4. The molecule has 0 radical (unpaired) electrons. The lowest BCUT2D eigenvalue weighted by Gasteiger charge is -2.28. The standard InChI is InChI=1S/C15H21ClN2O2S/c1-9(13-7-10-2-3-11(13)6-10)18-21(19,20)12-4-5-15(17)14(16)8-12/h4-5,8-11,13,18H,2-3,6-7,17H2,1H3. The lowest BCUT2D eigenvalue weighted by atomic mass is 9.84. The zero-order valence-corrected chi connectivity index (χ0v) is 13.6. The number of fused-ring (bicyclic) bond motifs is 2. The van der Waals surface area contributed by atoms with Crippen LogP contribution in [0.2, 0.25) is 5.02 Å². The molecule has 4 atom stereocenters. The highest BCUT2D eigenvalue weighted by Crippen LogP contribution is 2.49. The van der Waals surface area contributed by atoms with Crippen LogP contribution in [-0.2, 0) is 10.0 Å². The molecule has 0 aliphatic heterocycles. The van der Waals surface area contributed by atoms with E-state index in [0.717, 1.165) is 12.3 Å². The topological polar surface area (TPSA) is 72.2 Å². The zero-order valence-electron chi connectivity index (χ0n) is 12.0. The maximum absolute atomic E-state index is 12.5. The Morgan fingerprint density at radius 3 is 2.67 bits per heavy atom. The molecule has 116 valence electrons. The Morgan fingerprint density at radius 2 is 2.10 bits per heavy atom. The van der Waals surface area contributed by atoms with Crippen LogP contribution >= 0.6 is 11.6 Å². The minimum absolute atomic E-state index is 0.0402. The molecule has 0 aromatic heterocycles. The van der Waals surface area contributed by atoms with Crippen molar-refractivity contribution in [2.24, 2.45) is 17.8 Å². The zero-order chi connectivity index (χ0) is 15.2. The lowest BCUT2D eigenvalue weighted by Crippen LogP contribution is -2.40. The second kappa shape index (κ2) is 5.45. The van der Waals surface area contributed by atoms with E-state index in [0.29, 0.717) is 17.5 Å². The number of anilines is 1. The van der Waals surface area contributed by atoms with E-state index >= 15 is 0 Å². The summed E-state index contributed by atoms with van der Waals surface area (Å²) in [6.45, 7) is 1.97. The van der Waals surface area contributed by atoms with Crippen molar-refractivity contribution in [3.8, 4) is 0 Å². The van der Waals surface area contributed by atoms with Gasteiger partial charge in [-0.3, -0.25) is 0 Å². The Kier molecular flexibility index (Phi) is 3.93. The molecule has 0 spiro atoms. The summed E-state index contributed by atoms with van der Waals surface area (Å²) >= 11 is 5.92. The summed E-state index contributed by atoms with van der Waals surface area (Å²) < 4.78 is 27.7. The third kappa shape index (κ3) is 2.91. The van der Waals surface area contributed by atoms with Gasteiger partial charge in [0.15, 0.2) is 0 Å². The van der Waals surface area contributed by atoms with Gasteiger partial charge in [-0.2, -0.15) is 0 Å². The van der Waals surface area contributed by atoms with Gasteiger partial charge in [-0.1, -0.05) is 18.0 Å². The summed E-state index contributed by atoms with van der Waals surface area (Å²) in [5.74, 6) is 1.95. The van der Waals surface area contributed by atoms with Crippen LogP contribution in [0.1, 0.15) is 32.6 Å². The number of nitrogen functional groups attached to an aromatic ring is 1. The second-order valence-corrected chi connectivity index (χ2v) is 8.55. The predicted octanol–water partition coefficient (Wildman–Crippen LogP) is 3.03. The fourth-order valence-corrected chi connectivity index (χ4v) is 5.55. The Bertz CT molecular complexity index is 647. The maximum Gasteiger partial charge on any atom is 0.240 e. The number of hydrogen-bond acceptors (Lipinski definition) is 3. The van der Waals surface area contributed by atoms with Crippen molar-refractivity contribution >= 4 is 27.3 Å². The van der Waals surface area contributed by atoms with E-state index < -0.39 is 10.0 Å². The first-order chi connectivity index (χ1) is 9.87. The van der Waals surface area contributed by atoms with Crippen LogP contribution < -0.4 is 10.5 Å². The predicted molar refractivity (Wildman–Crippen MR) is 84.6 cm³/mol. The first-order valence-corrected chi connectivity index (χ1v) is 9.30.